The number of hydrogen-bond donors (Lipinski definition) is 2. The van der Waals surface area contributed by atoms with E-state index in [1.54, 1.807) is 12.1 Å². The molecule has 2 aromatic heterocycles. The molecule has 0 radical (unpaired) electrons. The lowest BCUT2D eigenvalue weighted by Crippen LogP contribution is -2.05. The van der Waals surface area contributed by atoms with Crippen LogP contribution in [-0.2, 0) is 17.6 Å². The number of thiazole rings is 1. The average molecular weight is 460 g/mol. The predicted octanol–water partition coefficient (Wildman–Crippen LogP) is 5.02. The van der Waals surface area contributed by atoms with Gasteiger partial charge in [-0.2, -0.15) is 18.2 Å². The summed E-state index contributed by atoms with van der Waals surface area (Å²) in [5, 5.41) is 12.6. The molecule has 0 atom stereocenters. The number of carbonyl (C=O) groups excluding carboxylic acids is 1. The summed E-state index contributed by atoms with van der Waals surface area (Å²) in [6.07, 6.45) is -4.45. The van der Waals surface area contributed by atoms with E-state index >= 15 is 0 Å². The number of ether oxygens (including phenoxy) is 1. The van der Waals surface area contributed by atoms with Gasteiger partial charge >= 0.3 is 6.18 Å². The zero-order valence-electron chi connectivity index (χ0n) is 16.5. The number of fused-ring (bicyclic) bond motifs is 1. The standard InChI is InChI=1S/C21H15F3N4O3S/c1-11(30)25-20-28-19-15(3-2-4-16(19)32-20)31-18-9-14(26-17(10-29)27-18)12-5-7-13(8-6-12)21(22,23)24/h2-9,29H,10H2,1H3,(H,25,28,30). The zero-order valence-corrected chi connectivity index (χ0v) is 17.3. The quantitative estimate of drug-likeness (QED) is 0.434. The van der Waals surface area contributed by atoms with E-state index in [2.05, 4.69) is 20.3 Å². The number of hydrogen-bond acceptors (Lipinski definition) is 7. The van der Waals surface area contributed by atoms with Gasteiger partial charge in [0.2, 0.25) is 11.8 Å². The summed E-state index contributed by atoms with van der Waals surface area (Å²) < 4.78 is 45.2. The molecule has 0 aliphatic heterocycles. The van der Waals surface area contributed by atoms with Crippen LogP contribution < -0.4 is 10.1 Å². The van der Waals surface area contributed by atoms with Gasteiger partial charge in [-0.15, -0.1) is 0 Å². The van der Waals surface area contributed by atoms with Crippen molar-refractivity contribution >= 4 is 32.6 Å². The van der Waals surface area contributed by atoms with Gasteiger partial charge in [-0.05, 0) is 24.3 Å². The van der Waals surface area contributed by atoms with Crippen LogP contribution in [0.2, 0.25) is 0 Å². The molecule has 2 N–H and O–H groups in total. The first-order valence-electron chi connectivity index (χ1n) is 9.24. The third kappa shape index (κ3) is 4.68. The first kappa shape index (κ1) is 21.7. The van der Waals surface area contributed by atoms with Crippen molar-refractivity contribution in [2.75, 3.05) is 5.32 Å². The topological polar surface area (TPSA) is 97.2 Å². The van der Waals surface area contributed by atoms with Crippen molar-refractivity contribution in [3.8, 4) is 22.9 Å². The Morgan fingerprint density at radius 2 is 1.88 bits per heavy atom. The van der Waals surface area contributed by atoms with Crippen LogP contribution in [0, 0.1) is 0 Å². The van der Waals surface area contributed by atoms with E-state index in [0.29, 0.717) is 22.0 Å². The van der Waals surface area contributed by atoms with E-state index in [0.717, 1.165) is 16.8 Å². The molecule has 4 aromatic rings. The SMILES string of the molecule is CC(=O)Nc1nc2c(Oc3cc(-c4ccc(C(F)(F)F)cc4)nc(CO)n3)cccc2s1. The number of nitrogens with zero attached hydrogens (tertiary/aromatic N) is 3. The van der Waals surface area contributed by atoms with E-state index in [9.17, 15) is 23.1 Å². The van der Waals surface area contributed by atoms with Crippen molar-refractivity contribution in [1.82, 2.24) is 15.0 Å². The van der Waals surface area contributed by atoms with Crippen molar-refractivity contribution in [3.63, 3.8) is 0 Å². The second kappa shape index (κ2) is 8.52. The molecular formula is C21H15F3N4O3S. The van der Waals surface area contributed by atoms with Crippen LogP contribution in [-0.4, -0.2) is 26.0 Å². The number of para-hydroxylation sites is 1. The number of aliphatic hydroxyl groups is 1. The Kier molecular flexibility index (Phi) is 5.76. The number of aliphatic hydroxyl groups excluding tert-OH is 1. The summed E-state index contributed by atoms with van der Waals surface area (Å²) in [5.74, 6) is 0.231. The Morgan fingerprint density at radius 1 is 1.12 bits per heavy atom. The van der Waals surface area contributed by atoms with Gasteiger partial charge < -0.3 is 15.2 Å². The minimum atomic E-state index is -4.45. The van der Waals surface area contributed by atoms with E-state index in [4.69, 9.17) is 4.74 Å². The van der Waals surface area contributed by atoms with Gasteiger partial charge in [-0.25, -0.2) is 9.97 Å². The molecule has 164 valence electrons. The number of nitrogens with one attached hydrogen (secondary N) is 1. The first-order chi connectivity index (χ1) is 15.2. The Morgan fingerprint density at radius 3 is 2.53 bits per heavy atom. The number of amides is 1. The smallest absolute Gasteiger partial charge is 0.416 e. The molecule has 0 saturated heterocycles. The summed E-state index contributed by atoms with van der Waals surface area (Å²) in [6.45, 7) is 0.891. The minimum Gasteiger partial charge on any atom is -0.437 e. The number of alkyl halides is 3. The van der Waals surface area contributed by atoms with Crippen molar-refractivity contribution in [1.29, 1.82) is 0 Å². The number of carbonyl (C=O) groups is 1. The number of aromatic nitrogens is 3. The maximum atomic E-state index is 12.8. The van der Waals surface area contributed by atoms with Gasteiger partial charge in [0.1, 0.15) is 12.1 Å². The second-order valence-electron chi connectivity index (χ2n) is 6.65. The van der Waals surface area contributed by atoms with Crippen molar-refractivity contribution < 1.29 is 27.8 Å². The maximum Gasteiger partial charge on any atom is 0.416 e. The minimum absolute atomic E-state index is 0.0433. The second-order valence-corrected chi connectivity index (χ2v) is 7.68. The van der Waals surface area contributed by atoms with Crippen LogP contribution in [0.3, 0.4) is 0 Å². The van der Waals surface area contributed by atoms with Gasteiger partial charge in [-0.3, -0.25) is 4.79 Å². The molecule has 0 unspecified atom stereocenters. The van der Waals surface area contributed by atoms with Crippen LogP contribution in [0.15, 0.2) is 48.5 Å². The summed E-state index contributed by atoms with van der Waals surface area (Å²) in [6, 6.07) is 11.2. The van der Waals surface area contributed by atoms with Crippen LogP contribution in [0.25, 0.3) is 21.5 Å². The highest BCUT2D eigenvalue weighted by atomic mass is 32.1. The van der Waals surface area contributed by atoms with Crippen molar-refractivity contribution in [2.24, 2.45) is 0 Å². The molecule has 0 fully saturated rings. The number of rotatable bonds is 5. The average Bonchev–Trinajstić information content (AvgIpc) is 3.15. The van der Waals surface area contributed by atoms with Crippen LogP contribution >= 0.6 is 11.3 Å². The molecule has 2 aromatic carbocycles. The fraction of sp³-hybridized carbons (Fsp3) is 0.143. The molecule has 11 heteroatoms. The van der Waals surface area contributed by atoms with Crippen LogP contribution in [0.1, 0.15) is 18.3 Å². The Bertz CT molecular complexity index is 1290. The number of benzene rings is 2. The molecule has 0 bridgehead atoms. The summed E-state index contributed by atoms with van der Waals surface area (Å²) in [5.41, 5.74) is 0.415. The predicted molar refractivity (Wildman–Crippen MR) is 112 cm³/mol. The fourth-order valence-corrected chi connectivity index (χ4v) is 3.83. The molecule has 0 aliphatic carbocycles. The third-order valence-corrected chi connectivity index (χ3v) is 5.21. The van der Waals surface area contributed by atoms with E-state index in [-0.39, 0.29) is 23.3 Å². The van der Waals surface area contributed by atoms with E-state index in [1.165, 1.54) is 36.5 Å². The highest BCUT2D eigenvalue weighted by Gasteiger charge is 2.30. The van der Waals surface area contributed by atoms with Crippen LogP contribution in [0.5, 0.6) is 11.6 Å². The molecule has 7 nitrogen and oxygen atoms in total. The lowest BCUT2D eigenvalue weighted by atomic mass is 10.1. The number of halogens is 3. The molecular weight excluding hydrogens is 445 g/mol. The van der Waals surface area contributed by atoms with Gasteiger partial charge in [-0.1, -0.05) is 29.5 Å². The zero-order chi connectivity index (χ0) is 22.9. The summed E-state index contributed by atoms with van der Waals surface area (Å²) in [7, 11) is 0. The largest absolute Gasteiger partial charge is 0.437 e. The molecule has 0 aliphatic rings. The Balaban J connectivity index is 1.69. The molecule has 0 spiro atoms. The third-order valence-electron chi connectivity index (χ3n) is 4.28. The van der Waals surface area contributed by atoms with Gasteiger partial charge in [0, 0.05) is 18.6 Å². The molecule has 4 rings (SSSR count). The summed E-state index contributed by atoms with van der Waals surface area (Å²) >= 11 is 1.27. The lowest BCUT2D eigenvalue weighted by Gasteiger charge is -2.10. The molecule has 0 saturated carbocycles. The van der Waals surface area contributed by atoms with Crippen molar-refractivity contribution in [2.45, 2.75) is 19.7 Å². The van der Waals surface area contributed by atoms with Crippen LogP contribution in [0.4, 0.5) is 18.3 Å². The van der Waals surface area contributed by atoms with Gasteiger partial charge in [0.15, 0.2) is 16.7 Å². The van der Waals surface area contributed by atoms with Crippen molar-refractivity contribution in [3.05, 3.63) is 59.9 Å². The lowest BCUT2D eigenvalue weighted by molar-refractivity contribution is -0.137. The fourth-order valence-electron chi connectivity index (χ4n) is 2.90. The Labute approximate surface area is 183 Å². The number of anilines is 1. The molecule has 32 heavy (non-hydrogen) atoms. The molecule has 2 heterocycles. The highest BCUT2D eigenvalue weighted by Crippen LogP contribution is 2.35. The van der Waals surface area contributed by atoms with E-state index < -0.39 is 18.3 Å². The molecule has 1 amide bonds. The first-order valence-corrected chi connectivity index (χ1v) is 10.1. The maximum absolute atomic E-state index is 12.8. The summed E-state index contributed by atoms with van der Waals surface area (Å²) in [4.78, 5) is 24.0. The van der Waals surface area contributed by atoms with Gasteiger partial charge in [0.25, 0.3) is 0 Å². The Hall–Kier alpha value is -3.57. The monoisotopic (exact) mass is 460 g/mol. The highest BCUT2D eigenvalue weighted by molar-refractivity contribution is 7.22. The van der Waals surface area contributed by atoms with E-state index in [1.807, 2.05) is 6.07 Å². The van der Waals surface area contributed by atoms with Gasteiger partial charge in [0.05, 0.1) is 16.0 Å². The normalized spacial score (nSPS) is 11.5.